The van der Waals surface area contributed by atoms with E-state index in [-0.39, 0.29) is 24.3 Å². The first-order valence-corrected chi connectivity index (χ1v) is 8.60. The molecule has 0 aromatic heterocycles. The minimum atomic E-state index is -0.312. The molecule has 0 saturated carbocycles. The smallest absolute Gasteiger partial charge is 0.106 e. The Bertz CT molecular complexity index is 193. The van der Waals surface area contributed by atoms with E-state index >= 15 is 0 Å². The predicted molar refractivity (Wildman–Crippen MR) is 75.7 cm³/mol. The maximum Gasteiger partial charge on any atom is 0.106 e. The van der Waals surface area contributed by atoms with Gasteiger partial charge >= 0.3 is 0 Å². The molecule has 1 heterocycles. The van der Waals surface area contributed by atoms with Gasteiger partial charge in [0.1, 0.15) is 5.44 Å². The van der Waals surface area contributed by atoms with Crippen molar-refractivity contribution in [1.29, 1.82) is 0 Å². The maximum absolute atomic E-state index is 9.65. The molecule has 1 fully saturated rings. The fourth-order valence-electron chi connectivity index (χ4n) is 1.79. The summed E-state index contributed by atoms with van der Waals surface area (Å²) in [7, 11) is 0. The van der Waals surface area contributed by atoms with E-state index in [1.807, 2.05) is 11.8 Å². The Morgan fingerprint density at radius 1 is 1.24 bits per heavy atom. The average Bonchev–Trinajstić information content (AvgIpc) is 2.33. The third-order valence-corrected chi connectivity index (χ3v) is 5.11. The van der Waals surface area contributed by atoms with Crippen molar-refractivity contribution in [2.75, 3.05) is 23.9 Å². The Kier molecular flexibility index (Phi) is 8.74. The Balaban J connectivity index is 2.05. The fraction of sp³-hybridized carbons (Fsp3) is 1.00. The molecule has 0 aromatic rings. The van der Waals surface area contributed by atoms with Crippen LogP contribution in [0.5, 0.6) is 0 Å². The van der Waals surface area contributed by atoms with Gasteiger partial charge in [0.25, 0.3) is 0 Å². The van der Waals surface area contributed by atoms with E-state index in [0.717, 1.165) is 5.75 Å². The molecule has 2 N–H and O–H groups in total. The molecule has 3 unspecified atom stereocenters. The number of ether oxygens (including phenoxy) is 1. The summed E-state index contributed by atoms with van der Waals surface area (Å²) in [6.45, 7) is 2.22. The molecule has 102 valence electrons. The van der Waals surface area contributed by atoms with Crippen LogP contribution in [0.1, 0.15) is 32.6 Å². The van der Waals surface area contributed by atoms with Gasteiger partial charge in [-0.15, -0.1) is 11.8 Å². The first-order chi connectivity index (χ1) is 8.26. The molecule has 3 atom stereocenters. The minimum absolute atomic E-state index is 0.0144. The van der Waals surface area contributed by atoms with Crippen molar-refractivity contribution in [3.05, 3.63) is 0 Å². The van der Waals surface area contributed by atoms with Crippen LogP contribution in [0.4, 0.5) is 0 Å². The van der Waals surface area contributed by atoms with E-state index in [2.05, 4.69) is 6.92 Å². The molecule has 0 amide bonds. The van der Waals surface area contributed by atoms with Crippen LogP contribution in [0.2, 0.25) is 0 Å². The van der Waals surface area contributed by atoms with Crippen molar-refractivity contribution in [3.8, 4) is 0 Å². The largest absolute Gasteiger partial charge is 0.394 e. The van der Waals surface area contributed by atoms with E-state index in [1.54, 1.807) is 11.8 Å². The van der Waals surface area contributed by atoms with Gasteiger partial charge in [0.15, 0.2) is 0 Å². The number of aliphatic hydroxyl groups excluding tert-OH is 2. The minimum Gasteiger partial charge on any atom is -0.394 e. The van der Waals surface area contributed by atoms with Crippen LogP contribution in [0, 0.1) is 0 Å². The number of hydrogen-bond donors (Lipinski definition) is 2. The molecule has 1 saturated heterocycles. The van der Waals surface area contributed by atoms with Crippen LogP contribution in [-0.4, -0.2) is 51.7 Å². The molecular weight excluding hydrogens is 256 g/mol. The number of aliphatic hydroxyl groups is 2. The second-order valence-electron chi connectivity index (χ2n) is 4.33. The second kappa shape index (κ2) is 9.50. The van der Waals surface area contributed by atoms with Gasteiger partial charge in [0.2, 0.25) is 0 Å². The molecule has 1 aliphatic rings. The molecule has 0 aliphatic carbocycles. The topological polar surface area (TPSA) is 49.7 Å². The molecule has 0 aromatic carbocycles. The van der Waals surface area contributed by atoms with Crippen LogP contribution in [-0.2, 0) is 4.74 Å². The highest BCUT2D eigenvalue weighted by Gasteiger charge is 2.27. The van der Waals surface area contributed by atoms with Gasteiger partial charge in [-0.05, 0) is 30.1 Å². The number of thioether (sulfide) groups is 2. The molecule has 1 rings (SSSR count). The zero-order valence-corrected chi connectivity index (χ0v) is 12.1. The van der Waals surface area contributed by atoms with Crippen molar-refractivity contribution in [2.24, 2.45) is 0 Å². The normalized spacial score (nSPS) is 29.5. The molecular formula is C12H24O3S2. The quantitative estimate of drug-likeness (QED) is 0.667. The van der Waals surface area contributed by atoms with Crippen LogP contribution in [0.25, 0.3) is 0 Å². The predicted octanol–water partition coefficient (Wildman–Crippen LogP) is 2.11. The van der Waals surface area contributed by atoms with Crippen molar-refractivity contribution < 1.29 is 14.9 Å². The summed E-state index contributed by atoms with van der Waals surface area (Å²) in [4.78, 5) is 0. The molecule has 1 aliphatic heterocycles. The number of hydrogen-bond acceptors (Lipinski definition) is 5. The summed E-state index contributed by atoms with van der Waals surface area (Å²) in [6.07, 6.45) is 3.21. The lowest BCUT2D eigenvalue weighted by molar-refractivity contribution is -0.0783. The molecule has 3 nitrogen and oxygen atoms in total. The van der Waals surface area contributed by atoms with Gasteiger partial charge < -0.3 is 14.9 Å². The van der Waals surface area contributed by atoms with Crippen LogP contribution < -0.4 is 0 Å². The van der Waals surface area contributed by atoms with Crippen LogP contribution in [0.15, 0.2) is 0 Å². The first kappa shape index (κ1) is 15.6. The van der Waals surface area contributed by atoms with Gasteiger partial charge in [0.05, 0.1) is 18.8 Å². The van der Waals surface area contributed by atoms with Gasteiger partial charge in [-0.3, -0.25) is 0 Å². The third-order valence-electron chi connectivity index (χ3n) is 2.63. The maximum atomic E-state index is 9.65. The zero-order chi connectivity index (χ0) is 12.5. The SMILES string of the molecule is CCCSCCCSC1CC(O)CC(CO)O1. The van der Waals surface area contributed by atoms with Gasteiger partial charge in [-0.1, -0.05) is 6.92 Å². The first-order valence-electron chi connectivity index (χ1n) is 6.40. The molecule has 17 heavy (non-hydrogen) atoms. The summed E-state index contributed by atoms with van der Waals surface area (Å²) >= 11 is 3.77. The van der Waals surface area contributed by atoms with Gasteiger partial charge in [-0.25, -0.2) is 0 Å². The Morgan fingerprint density at radius 3 is 2.76 bits per heavy atom. The van der Waals surface area contributed by atoms with Crippen molar-refractivity contribution in [2.45, 2.75) is 50.3 Å². The summed E-state index contributed by atoms with van der Waals surface area (Å²) in [5.74, 6) is 3.53. The van der Waals surface area contributed by atoms with Crippen molar-refractivity contribution in [1.82, 2.24) is 0 Å². The summed E-state index contributed by atoms with van der Waals surface area (Å²) in [5.41, 5.74) is 0.0621. The van der Waals surface area contributed by atoms with Gasteiger partial charge in [0, 0.05) is 12.8 Å². The Labute approximate surface area is 113 Å². The highest BCUT2D eigenvalue weighted by Crippen LogP contribution is 2.28. The van der Waals surface area contributed by atoms with E-state index in [0.29, 0.717) is 12.8 Å². The lowest BCUT2D eigenvalue weighted by Gasteiger charge is -2.31. The molecule has 0 radical (unpaired) electrons. The van der Waals surface area contributed by atoms with Crippen LogP contribution in [0.3, 0.4) is 0 Å². The van der Waals surface area contributed by atoms with Gasteiger partial charge in [-0.2, -0.15) is 11.8 Å². The molecule has 0 bridgehead atoms. The third kappa shape index (κ3) is 6.91. The van der Waals surface area contributed by atoms with E-state index in [9.17, 15) is 5.11 Å². The second-order valence-corrected chi connectivity index (χ2v) is 6.82. The lowest BCUT2D eigenvalue weighted by Crippen LogP contribution is -2.36. The molecule has 0 spiro atoms. The van der Waals surface area contributed by atoms with Crippen LogP contribution >= 0.6 is 23.5 Å². The summed E-state index contributed by atoms with van der Waals surface area (Å²) < 4.78 is 5.68. The Hall–Kier alpha value is 0.580. The standard InChI is InChI=1S/C12H24O3S2/c1-2-4-16-5-3-6-17-12-8-10(14)7-11(9-13)15-12/h10-14H,2-9H2,1H3. The van der Waals surface area contributed by atoms with Crippen molar-refractivity contribution in [3.63, 3.8) is 0 Å². The highest BCUT2D eigenvalue weighted by molar-refractivity contribution is 8.00. The average molecular weight is 280 g/mol. The summed E-state index contributed by atoms with van der Waals surface area (Å²) in [5, 5.41) is 18.7. The Morgan fingerprint density at radius 2 is 2.06 bits per heavy atom. The van der Waals surface area contributed by atoms with E-state index in [4.69, 9.17) is 9.84 Å². The monoisotopic (exact) mass is 280 g/mol. The lowest BCUT2D eigenvalue weighted by atomic mass is 10.1. The molecule has 5 heteroatoms. The zero-order valence-electron chi connectivity index (χ0n) is 10.5. The van der Waals surface area contributed by atoms with E-state index < -0.39 is 0 Å². The fourth-order valence-corrected chi connectivity index (χ4v) is 3.99. The number of rotatable bonds is 8. The highest BCUT2D eigenvalue weighted by atomic mass is 32.2. The summed E-state index contributed by atoms with van der Waals surface area (Å²) in [6, 6.07) is 0. The van der Waals surface area contributed by atoms with Crippen molar-refractivity contribution >= 4 is 23.5 Å². The van der Waals surface area contributed by atoms with E-state index in [1.165, 1.54) is 24.3 Å².